The fourth-order valence-corrected chi connectivity index (χ4v) is 0.144. The van der Waals surface area contributed by atoms with Crippen molar-refractivity contribution < 1.29 is 4.74 Å². The van der Waals surface area contributed by atoms with Gasteiger partial charge in [-0.1, -0.05) is 0 Å². The van der Waals surface area contributed by atoms with Crippen molar-refractivity contribution in [2.45, 2.75) is 6.42 Å². The summed E-state index contributed by atoms with van der Waals surface area (Å²) in [5, 5.41) is 14.6. The predicted molar refractivity (Wildman–Crippen MR) is 32.2 cm³/mol. The molecule has 0 aliphatic heterocycles. The molecule has 0 aromatic carbocycles. The summed E-state index contributed by atoms with van der Waals surface area (Å²) in [5.41, 5.74) is 0. The Morgan fingerprint density at radius 1 is 1.88 bits per heavy atom. The van der Waals surface area contributed by atoms with E-state index in [1.165, 1.54) is 7.11 Å². The summed E-state index contributed by atoms with van der Waals surface area (Å²) in [5.74, 6) is 0.0162. The molecule has 0 bridgehead atoms. The zero-order valence-corrected chi connectivity index (χ0v) is 5.29. The summed E-state index contributed by atoms with van der Waals surface area (Å²) in [4.78, 5) is 0. The van der Waals surface area contributed by atoms with Crippen molar-refractivity contribution in [1.29, 1.82) is 10.7 Å². The molecule has 0 radical (unpaired) electrons. The molecule has 0 saturated heterocycles. The lowest BCUT2D eigenvalue weighted by Gasteiger charge is -1.90. The third kappa shape index (κ3) is 5.25. The van der Waals surface area contributed by atoms with E-state index in [9.17, 15) is 0 Å². The van der Waals surface area contributed by atoms with E-state index in [-0.39, 0.29) is 24.7 Å². The van der Waals surface area contributed by atoms with Crippen LogP contribution in [-0.4, -0.2) is 13.0 Å². The van der Waals surface area contributed by atoms with Gasteiger partial charge in [0.25, 0.3) is 0 Å². The van der Waals surface area contributed by atoms with Crippen LogP contribution in [0.15, 0.2) is 0 Å². The molecule has 0 aliphatic carbocycles. The van der Waals surface area contributed by atoms with Crippen molar-refractivity contribution in [2.24, 2.45) is 0 Å². The minimum atomic E-state index is 0. The van der Waals surface area contributed by atoms with E-state index in [1.54, 1.807) is 6.07 Å². The molecule has 0 aromatic heterocycles. The molecular weight excluding hydrogens is 128 g/mol. The summed E-state index contributed by atoms with van der Waals surface area (Å²) in [6, 6.07) is 1.77. The number of nitrogens with zero attached hydrogens (tertiary/aromatic N) is 1. The molecule has 8 heavy (non-hydrogen) atoms. The van der Waals surface area contributed by atoms with Crippen molar-refractivity contribution in [3.8, 4) is 6.07 Å². The SMILES string of the molecule is COC(=N)CC#N.Cl. The maximum absolute atomic E-state index is 7.90. The maximum atomic E-state index is 7.90. The summed E-state index contributed by atoms with van der Waals surface area (Å²) in [6.07, 6.45) is 0.0660. The van der Waals surface area contributed by atoms with Gasteiger partial charge in [0.2, 0.25) is 0 Å². The molecule has 0 fully saturated rings. The van der Waals surface area contributed by atoms with Gasteiger partial charge in [0, 0.05) is 0 Å². The Morgan fingerprint density at radius 2 is 2.38 bits per heavy atom. The lowest BCUT2D eigenvalue weighted by molar-refractivity contribution is 0.391. The van der Waals surface area contributed by atoms with Crippen LogP contribution in [-0.2, 0) is 4.74 Å². The highest BCUT2D eigenvalue weighted by atomic mass is 35.5. The smallest absolute Gasteiger partial charge is 0.194 e. The van der Waals surface area contributed by atoms with Gasteiger partial charge < -0.3 is 4.74 Å². The second-order valence-electron chi connectivity index (χ2n) is 0.962. The first-order chi connectivity index (χ1) is 3.31. The summed E-state index contributed by atoms with van der Waals surface area (Å²) in [7, 11) is 1.37. The number of hydrogen-bond acceptors (Lipinski definition) is 3. The number of hydrogen-bond donors (Lipinski definition) is 1. The molecule has 0 atom stereocenters. The Labute approximate surface area is 54.2 Å². The van der Waals surface area contributed by atoms with Gasteiger partial charge >= 0.3 is 0 Å². The molecule has 0 rings (SSSR count). The molecule has 0 saturated carbocycles. The maximum Gasteiger partial charge on any atom is 0.194 e. The van der Waals surface area contributed by atoms with Crippen LogP contribution in [0.1, 0.15) is 6.42 Å². The molecule has 3 nitrogen and oxygen atoms in total. The summed E-state index contributed by atoms with van der Waals surface area (Å²) >= 11 is 0. The Morgan fingerprint density at radius 3 is 2.50 bits per heavy atom. The molecule has 0 heterocycles. The van der Waals surface area contributed by atoms with Gasteiger partial charge in [-0.15, -0.1) is 12.4 Å². The number of nitrogens with one attached hydrogen (secondary N) is 1. The number of ether oxygens (including phenoxy) is 1. The third-order valence-corrected chi connectivity index (χ3v) is 0.486. The average molecular weight is 135 g/mol. The van der Waals surface area contributed by atoms with Crippen LogP contribution < -0.4 is 0 Å². The van der Waals surface area contributed by atoms with Gasteiger partial charge in [0.1, 0.15) is 6.42 Å². The van der Waals surface area contributed by atoms with Crippen LogP contribution in [0.4, 0.5) is 0 Å². The molecule has 0 aliphatic rings. The molecular formula is C4H7ClN2O. The van der Waals surface area contributed by atoms with Crippen molar-refractivity contribution in [3.63, 3.8) is 0 Å². The highest BCUT2D eigenvalue weighted by Gasteiger charge is 1.87. The Hall–Kier alpha value is -0.750. The number of methoxy groups -OCH3 is 1. The second kappa shape index (κ2) is 6.25. The standard InChI is InChI=1S/C4H6N2O.ClH/c1-7-4(6)2-3-5;/h6H,2H2,1H3;1H. The minimum absolute atomic E-state index is 0. The Balaban J connectivity index is 0. The number of halogens is 1. The van der Waals surface area contributed by atoms with Crippen LogP contribution in [0.5, 0.6) is 0 Å². The normalized spacial score (nSPS) is 6.00. The van der Waals surface area contributed by atoms with E-state index in [1.807, 2.05) is 0 Å². The first-order valence-corrected chi connectivity index (χ1v) is 1.79. The fourth-order valence-electron chi connectivity index (χ4n) is 0.144. The molecule has 0 aromatic rings. The van der Waals surface area contributed by atoms with Gasteiger partial charge in [-0.3, -0.25) is 5.41 Å². The van der Waals surface area contributed by atoms with Gasteiger partial charge in [0.05, 0.1) is 13.2 Å². The van der Waals surface area contributed by atoms with Crippen molar-refractivity contribution in [1.82, 2.24) is 0 Å². The van der Waals surface area contributed by atoms with Crippen molar-refractivity contribution in [3.05, 3.63) is 0 Å². The highest BCUT2D eigenvalue weighted by molar-refractivity contribution is 5.85. The first-order valence-electron chi connectivity index (χ1n) is 1.79. The van der Waals surface area contributed by atoms with Gasteiger partial charge in [0.15, 0.2) is 5.90 Å². The Kier molecular flexibility index (Phi) is 8.03. The molecule has 46 valence electrons. The van der Waals surface area contributed by atoms with Crippen LogP contribution in [0.25, 0.3) is 0 Å². The molecule has 0 unspecified atom stereocenters. The topological polar surface area (TPSA) is 56.9 Å². The van der Waals surface area contributed by atoms with E-state index >= 15 is 0 Å². The summed E-state index contributed by atoms with van der Waals surface area (Å²) < 4.78 is 4.35. The zero-order chi connectivity index (χ0) is 5.70. The minimum Gasteiger partial charge on any atom is -0.484 e. The molecule has 1 N–H and O–H groups in total. The van der Waals surface area contributed by atoms with Crippen LogP contribution >= 0.6 is 12.4 Å². The predicted octanol–water partition coefficient (Wildman–Crippen LogP) is 0.946. The molecule has 0 spiro atoms. The van der Waals surface area contributed by atoms with E-state index < -0.39 is 0 Å². The first kappa shape index (κ1) is 10.3. The van der Waals surface area contributed by atoms with Gasteiger partial charge in [-0.05, 0) is 0 Å². The van der Waals surface area contributed by atoms with Gasteiger partial charge in [-0.2, -0.15) is 5.26 Å². The lowest BCUT2D eigenvalue weighted by atomic mass is 10.5. The van der Waals surface area contributed by atoms with Gasteiger partial charge in [-0.25, -0.2) is 0 Å². The quantitative estimate of drug-likeness (QED) is 0.429. The van der Waals surface area contributed by atoms with E-state index in [2.05, 4.69) is 4.74 Å². The molecule has 0 amide bonds. The third-order valence-electron chi connectivity index (χ3n) is 0.486. The van der Waals surface area contributed by atoms with Crippen LogP contribution in [0.2, 0.25) is 0 Å². The van der Waals surface area contributed by atoms with E-state index in [4.69, 9.17) is 10.7 Å². The number of nitriles is 1. The fraction of sp³-hybridized carbons (Fsp3) is 0.500. The van der Waals surface area contributed by atoms with E-state index in [0.29, 0.717) is 0 Å². The lowest BCUT2D eigenvalue weighted by Crippen LogP contribution is -1.95. The monoisotopic (exact) mass is 134 g/mol. The van der Waals surface area contributed by atoms with Crippen molar-refractivity contribution in [2.75, 3.05) is 7.11 Å². The van der Waals surface area contributed by atoms with Crippen molar-refractivity contribution >= 4 is 18.3 Å². The summed E-state index contributed by atoms with van der Waals surface area (Å²) in [6.45, 7) is 0. The highest BCUT2D eigenvalue weighted by Crippen LogP contribution is 1.77. The Bertz CT molecular complexity index is 107. The van der Waals surface area contributed by atoms with E-state index in [0.717, 1.165) is 0 Å². The second-order valence-corrected chi connectivity index (χ2v) is 0.962. The van der Waals surface area contributed by atoms with Crippen LogP contribution in [0, 0.1) is 16.7 Å². The largest absolute Gasteiger partial charge is 0.484 e. The number of rotatable bonds is 1. The average Bonchev–Trinajstić information content (AvgIpc) is 1.68. The van der Waals surface area contributed by atoms with Crippen LogP contribution in [0.3, 0.4) is 0 Å². The molecule has 4 heteroatoms. The zero-order valence-electron chi connectivity index (χ0n) is 4.47.